The monoisotopic (exact) mass is 334 g/mol. The number of nitrogens with zero attached hydrogens (tertiary/aromatic N) is 2. The number of rotatable bonds is 6. The number of hydrogen-bond donors (Lipinski definition) is 0. The van der Waals surface area contributed by atoms with Crippen LogP contribution in [0, 0.1) is 0 Å². The summed E-state index contributed by atoms with van der Waals surface area (Å²) >= 11 is 0. The summed E-state index contributed by atoms with van der Waals surface area (Å²) in [5.41, 5.74) is 0.690. The Morgan fingerprint density at radius 2 is 1.29 bits per heavy atom. The van der Waals surface area contributed by atoms with E-state index in [-0.39, 0.29) is 13.2 Å². The summed E-state index contributed by atoms with van der Waals surface area (Å²) in [4.78, 5) is 37.0. The van der Waals surface area contributed by atoms with Gasteiger partial charge in [-0.25, -0.2) is 14.4 Å². The lowest BCUT2D eigenvalue weighted by atomic mass is 10.2. The Morgan fingerprint density at radius 3 is 1.62 bits per heavy atom. The first kappa shape index (κ1) is 17.8. The number of benzene rings is 1. The van der Waals surface area contributed by atoms with E-state index < -0.39 is 29.7 Å². The topological polar surface area (TPSA) is 79.5 Å². The number of carbonyl (C=O) groups excluding carboxylic acids is 2. The molecule has 0 aliphatic heterocycles. The van der Waals surface area contributed by atoms with Crippen molar-refractivity contribution in [3.05, 3.63) is 34.7 Å². The predicted molar refractivity (Wildman–Crippen MR) is 88.9 cm³/mol. The maximum absolute atomic E-state index is 12.9. The summed E-state index contributed by atoms with van der Waals surface area (Å²) in [5, 5.41) is 0. The molecule has 0 saturated carbocycles. The maximum atomic E-state index is 12.9. The van der Waals surface area contributed by atoms with Crippen molar-refractivity contribution < 1.29 is 19.1 Å². The molecule has 0 radical (unpaired) electrons. The van der Waals surface area contributed by atoms with Gasteiger partial charge in [0, 0.05) is 0 Å². The Kier molecular flexibility index (Phi) is 5.43. The van der Waals surface area contributed by atoms with E-state index in [1.54, 1.807) is 52.0 Å². The van der Waals surface area contributed by atoms with Crippen LogP contribution in [0.25, 0.3) is 11.0 Å². The number of imidazole rings is 1. The number of fused-ring (bicyclic) bond motifs is 1. The fraction of sp³-hybridized carbons (Fsp3) is 0.471. The van der Waals surface area contributed by atoms with Crippen molar-refractivity contribution in [3.63, 3.8) is 0 Å². The first-order chi connectivity index (χ1) is 11.4. The van der Waals surface area contributed by atoms with Gasteiger partial charge in [-0.2, -0.15) is 0 Å². The third kappa shape index (κ3) is 3.06. The molecule has 130 valence electrons. The van der Waals surface area contributed by atoms with Crippen LogP contribution in [0.1, 0.15) is 39.8 Å². The van der Waals surface area contributed by atoms with E-state index in [2.05, 4.69) is 0 Å². The summed E-state index contributed by atoms with van der Waals surface area (Å²) in [5.74, 6) is -0.988. The molecule has 7 nitrogen and oxygen atoms in total. The largest absolute Gasteiger partial charge is 0.464 e. The van der Waals surface area contributed by atoms with Gasteiger partial charge in [0.25, 0.3) is 0 Å². The van der Waals surface area contributed by atoms with Gasteiger partial charge in [-0.15, -0.1) is 0 Å². The van der Waals surface area contributed by atoms with Gasteiger partial charge in [0.2, 0.25) is 0 Å². The molecule has 2 atom stereocenters. The molecule has 24 heavy (non-hydrogen) atoms. The quantitative estimate of drug-likeness (QED) is 0.755. The fourth-order valence-corrected chi connectivity index (χ4v) is 2.68. The molecular weight excluding hydrogens is 312 g/mol. The molecule has 0 amide bonds. The lowest BCUT2D eigenvalue weighted by Crippen LogP contribution is -2.34. The lowest BCUT2D eigenvalue weighted by Gasteiger charge is -2.13. The van der Waals surface area contributed by atoms with Crippen LogP contribution < -0.4 is 5.69 Å². The summed E-state index contributed by atoms with van der Waals surface area (Å²) in [6.07, 6.45) is 0. The molecule has 1 heterocycles. The summed E-state index contributed by atoms with van der Waals surface area (Å²) in [6.45, 7) is 7.08. The van der Waals surface area contributed by atoms with Crippen LogP contribution in [0.4, 0.5) is 0 Å². The van der Waals surface area contributed by atoms with Gasteiger partial charge in [0.05, 0.1) is 24.2 Å². The molecule has 2 unspecified atom stereocenters. The van der Waals surface area contributed by atoms with Crippen molar-refractivity contribution in [2.75, 3.05) is 13.2 Å². The zero-order valence-electron chi connectivity index (χ0n) is 14.3. The van der Waals surface area contributed by atoms with E-state index in [1.807, 2.05) is 0 Å². The standard InChI is InChI=1S/C17H22N2O5/c1-5-23-15(20)11(3)18-13-9-7-8-10-14(13)19(17(18)22)12(4)16(21)24-6-2/h7-12H,5-6H2,1-4H3. The van der Waals surface area contributed by atoms with Gasteiger partial charge in [-0.05, 0) is 39.8 Å². The molecule has 1 aromatic heterocycles. The molecule has 0 aliphatic rings. The average molecular weight is 334 g/mol. The van der Waals surface area contributed by atoms with Crippen molar-refractivity contribution in [2.24, 2.45) is 0 Å². The van der Waals surface area contributed by atoms with Gasteiger partial charge in [-0.3, -0.25) is 9.13 Å². The van der Waals surface area contributed by atoms with Crippen LogP contribution in [0.3, 0.4) is 0 Å². The second kappa shape index (κ2) is 7.33. The molecule has 1 aromatic carbocycles. The molecule has 7 heteroatoms. The summed E-state index contributed by atoms with van der Waals surface area (Å²) < 4.78 is 12.7. The van der Waals surface area contributed by atoms with E-state index >= 15 is 0 Å². The molecule has 0 N–H and O–H groups in total. The highest BCUT2D eigenvalue weighted by Crippen LogP contribution is 2.21. The van der Waals surface area contributed by atoms with E-state index in [1.165, 1.54) is 9.13 Å². The summed E-state index contributed by atoms with van der Waals surface area (Å²) in [7, 11) is 0. The second-order valence-corrected chi connectivity index (χ2v) is 5.37. The molecule has 0 aliphatic carbocycles. The van der Waals surface area contributed by atoms with Crippen molar-refractivity contribution >= 4 is 23.0 Å². The molecule has 0 fully saturated rings. The van der Waals surface area contributed by atoms with E-state index in [4.69, 9.17) is 9.47 Å². The van der Waals surface area contributed by atoms with Gasteiger partial charge in [0.15, 0.2) is 0 Å². The third-order valence-electron chi connectivity index (χ3n) is 3.84. The average Bonchev–Trinajstić information content (AvgIpc) is 2.85. The highest BCUT2D eigenvalue weighted by atomic mass is 16.5. The Morgan fingerprint density at radius 1 is 0.917 bits per heavy atom. The number of aromatic nitrogens is 2. The maximum Gasteiger partial charge on any atom is 0.330 e. The number of para-hydroxylation sites is 2. The molecule has 0 spiro atoms. The minimum Gasteiger partial charge on any atom is -0.464 e. The second-order valence-electron chi connectivity index (χ2n) is 5.37. The highest BCUT2D eigenvalue weighted by Gasteiger charge is 2.27. The molecule has 2 aromatic rings. The van der Waals surface area contributed by atoms with E-state index in [9.17, 15) is 14.4 Å². The number of esters is 2. The molecule has 2 rings (SSSR count). The smallest absolute Gasteiger partial charge is 0.330 e. The molecule has 0 bridgehead atoms. The van der Waals surface area contributed by atoms with Gasteiger partial charge in [0.1, 0.15) is 12.1 Å². The van der Waals surface area contributed by atoms with E-state index in [0.29, 0.717) is 11.0 Å². The van der Waals surface area contributed by atoms with Crippen LogP contribution in [-0.2, 0) is 19.1 Å². The Bertz CT molecular complexity index is 741. The Hall–Kier alpha value is -2.57. The van der Waals surface area contributed by atoms with Crippen LogP contribution in [-0.4, -0.2) is 34.3 Å². The highest BCUT2D eigenvalue weighted by molar-refractivity contribution is 5.83. The van der Waals surface area contributed by atoms with Gasteiger partial charge in [-0.1, -0.05) is 12.1 Å². The fourth-order valence-electron chi connectivity index (χ4n) is 2.68. The van der Waals surface area contributed by atoms with Crippen molar-refractivity contribution in [1.29, 1.82) is 0 Å². The van der Waals surface area contributed by atoms with Crippen LogP contribution in [0.15, 0.2) is 29.1 Å². The zero-order valence-corrected chi connectivity index (χ0v) is 14.3. The van der Waals surface area contributed by atoms with Crippen molar-refractivity contribution in [1.82, 2.24) is 9.13 Å². The van der Waals surface area contributed by atoms with Gasteiger partial charge >= 0.3 is 17.6 Å². The SMILES string of the molecule is CCOC(=O)C(C)n1c(=O)n(C(C)C(=O)OCC)c2ccccc21. The first-order valence-corrected chi connectivity index (χ1v) is 7.98. The van der Waals surface area contributed by atoms with Crippen LogP contribution >= 0.6 is 0 Å². The normalized spacial score (nSPS) is 13.5. The Labute approximate surface area is 139 Å². The lowest BCUT2D eigenvalue weighted by molar-refractivity contribution is -0.146. The third-order valence-corrected chi connectivity index (χ3v) is 3.84. The first-order valence-electron chi connectivity index (χ1n) is 7.98. The predicted octanol–water partition coefficient (Wildman–Crippen LogP) is 2.05. The van der Waals surface area contributed by atoms with Crippen LogP contribution in [0.5, 0.6) is 0 Å². The minimum atomic E-state index is -0.794. The van der Waals surface area contributed by atoms with Crippen LogP contribution in [0.2, 0.25) is 0 Å². The van der Waals surface area contributed by atoms with Crippen molar-refractivity contribution in [2.45, 2.75) is 39.8 Å². The Balaban J connectivity index is 2.63. The van der Waals surface area contributed by atoms with Crippen molar-refractivity contribution in [3.8, 4) is 0 Å². The number of ether oxygens (including phenoxy) is 2. The number of carbonyl (C=O) groups is 2. The number of hydrogen-bond acceptors (Lipinski definition) is 5. The minimum absolute atomic E-state index is 0.232. The zero-order chi connectivity index (χ0) is 17.9. The summed E-state index contributed by atoms with van der Waals surface area (Å²) in [6, 6.07) is 5.43. The van der Waals surface area contributed by atoms with E-state index in [0.717, 1.165) is 0 Å². The van der Waals surface area contributed by atoms with Gasteiger partial charge < -0.3 is 9.47 Å². The molecular formula is C17H22N2O5. The molecule has 0 saturated heterocycles.